The van der Waals surface area contributed by atoms with Crippen molar-refractivity contribution in [2.24, 2.45) is 0 Å². The molecule has 0 aliphatic carbocycles. The molecule has 0 radical (unpaired) electrons. The van der Waals surface area contributed by atoms with Gasteiger partial charge in [0.25, 0.3) is 0 Å². The van der Waals surface area contributed by atoms with Crippen molar-refractivity contribution in [2.75, 3.05) is 0 Å². The van der Waals surface area contributed by atoms with Gasteiger partial charge in [-0.15, -0.1) is 22.7 Å². The first-order valence-corrected chi connectivity index (χ1v) is 41.9. The maximum absolute atomic E-state index is 5.31. The molecule has 8 heterocycles. The Labute approximate surface area is 696 Å². The van der Waals surface area contributed by atoms with Gasteiger partial charge in [0.15, 0.2) is 34.9 Å². The maximum atomic E-state index is 5.31. The molecular weight excluding hydrogens is 1500 g/mol. The normalized spacial score (nSPS) is 11.8. The second kappa shape index (κ2) is 28.1. The Hall–Kier alpha value is -15.6. The fourth-order valence-corrected chi connectivity index (χ4v) is 20.7. The van der Waals surface area contributed by atoms with Gasteiger partial charge in [0, 0.05) is 140 Å². The van der Waals surface area contributed by atoms with Gasteiger partial charge in [-0.25, -0.2) is 29.9 Å². The molecule has 0 amide bonds. The minimum atomic E-state index is 0.623. The Balaban J connectivity index is 0.000000137. The Morgan fingerprint density at radius 2 is 0.425 bits per heavy atom. The number of thiophene rings is 2. The molecule has 0 aliphatic heterocycles. The topological polar surface area (TPSA) is 97.1 Å². The summed E-state index contributed by atoms with van der Waals surface area (Å²) in [4.78, 5) is 31.2. The first kappa shape index (κ1) is 68.8. The summed E-state index contributed by atoms with van der Waals surface area (Å²) >= 11 is 3.59. The van der Waals surface area contributed by atoms with Crippen LogP contribution in [0, 0.1) is 0 Å². The second-order valence-corrected chi connectivity index (χ2v) is 32.5. The van der Waals surface area contributed by atoms with Crippen molar-refractivity contribution in [1.29, 1.82) is 0 Å². The van der Waals surface area contributed by atoms with Gasteiger partial charge in [0.2, 0.25) is 0 Å². The summed E-state index contributed by atoms with van der Waals surface area (Å²) in [6.45, 7) is 0. The van der Waals surface area contributed by atoms with Crippen LogP contribution >= 0.6 is 22.7 Å². The molecule has 0 saturated heterocycles. The first-order chi connectivity index (χ1) is 59.5. The molecule has 0 saturated carbocycles. The molecule has 560 valence electrons. The van der Waals surface area contributed by atoms with Crippen molar-refractivity contribution in [3.05, 3.63) is 400 Å². The predicted molar refractivity (Wildman–Crippen MR) is 501 cm³/mol. The smallest absolute Gasteiger partial charge is 0.165 e. The molecule has 12 heteroatoms. The van der Waals surface area contributed by atoms with Crippen molar-refractivity contribution in [2.45, 2.75) is 0 Å². The number of nitrogens with zero attached hydrogens (tertiary/aromatic N) is 10. The lowest BCUT2D eigenvalue weighted by Crippen LogP contribution is -2.01. The molecule has 0 spiro atoms. The molecule has 25 rings (SSSR count). The molecule has 0 atom stereocenters. The fraction of sp³-hybridized carbons (Fsp3) is 0. The quantitative estimate of drug-likeness (QED) is 0.128. The average molecular weight is 1570 g/mol. The largest absolute Gasteiger partial charge is 0.309 e. The Kier molecular flexibility index (Phi) is 16.1. The van der Waals surface area contributed by atoms with Gasteiger partial charge in [0.05, 0.1) is 44.1 Å². The molecule has 17 aromatic carbocycles. The predicted octanol–water partition coefficient (Wildman–Crippen LogP) is 28.5. The molecule has 0 bridgehead atoms. The highest BCUT2D eigenvalue weighted by molar-refractivity contribution is 7.27. The third-order valence-electron chi connectivity index (χ3n) is 23.5. The second-order valence-electron chi connectivity index (χ2n) is 30.4. The third-order valence-corrected chi connectivity index (χ3v) is 26.1. The highest BCUT2D eigenvalue weighted by Crippen LogP contribution is 2.47. The summed E-state index contributed by atoms with van der Waals surface area (Å²) in [5.41, 5.74) is 21.8. The van der Waals surface area contributed by atoms with Crippen LogP contribution in [-0.4, -0.2) is 48.2 Å². The van der Waals surface area contributed by atoms with Crippen LogP contribution in [0.15, 0.2) is 400 Å². The molecule has 0 unspecified atom stereocenters. The van der Waals surface area contributed by atoms with E-state index >= 15 is 0 Å². The van der Waals surface area contributed by atoms with Crippen LogP contribution in [0.4, 0.5) is 0 Å². The Bertz CT molecular complexity index is 8330. The highest BCUT2D eigenvalue weighted by Gasteiger charge is 2.25. The molecule has 0 fully saturated rings. The van der Waals surface area contributed by atoms with E-state index in [2.05, 4.69) is 382 Å². The van der Waals surface area contributed by atoms with Crippen LogP contribution in [-0.2, 0) is 0 Å². The van der Waals surface area contributed by atoms with Gasteiger partial charge in [-0.05, 0) is 126 Å². The minimum absolute atomic E-state index is 0.623. The highest BCUT2D eigenvalue weighted by atomic mass is 32.1. The van der Waals surface area contributed by atoms with Crippen molar-refractivity contribution < 1.29 is 0 Å². The summed E-state index contributed by atoms with van der Waals surface area (Å²) < 4.78 is 14.3. The van der Waals surface area contributed by atoms with E-state index < -0.39 is 0 Å². The number of benzene rings is 17. The van der Waals surface area contributed by atoms with E-state index in [1.54, 1.807) is 22.7 Å². The minimum Gasteiger partial charge on any atom is -0.309 e. The van der Waals surface area contributed by atoms with Gasteiger partial charge in [-0.1, -0.05) is 285 Å². The molecule has 8 aromatic heterocycles. The number of hydrogen-bond acceptors (Lipinski definition) is 8. The summed E-state index contributed by atoms with van der Waals surface area (Å²) in [6, 6.07) is 142. The van der Waals surface area contributed by atoms with E-state index in [0.29, 0.717) is 34.9 Å². The van der Waals surface area contributed by atoms with E-state index in [0.717, 1.165) is 82.9 Å². The summed E-state index contributed by atoms with van der Waals surface area (Å²) in [7, 11) is 0. The van der Waals surface area contributed by atoms with Crippen LogP contribution in [0.1, 0.15) is 0 Å². The number of fused-ring (bicyclic) bond motifs is 18. The van der Waals surface area contributed by atoms with Gasteiger partial charge < -0.3 is 18.3 Å². The van der Waals surface area contributed by atoms with Crippen molar-refractivity contribution in [3.8, 4) is 102 Å². The van der Waals surface area contributed by atoms with Crippen LogP contribution in [0.2, 0.25) is 0 Å². The SMILES string of the molecule is c1ccc(-c2nc(-c3cccc(-n4c5ccccc5c5cc(-n6c7ccccc7c7ccccc76)ccc54)c3)nc(-c3cccc4c3sc3c(-c5ccccc5)cccc34)n2)cc1.c1ccc(-c2nc(-c3cccc(-n4c5ccccc5c5cc(-n6c7ccccc7c7ccccc76)ccc54)c3)nc(-c3cccc4c3sc3ccccc34)n2)cc1. The lowest BCUT2D eigenvalue weighted by Gasteiger charge is -2.12. The third kappa shape index (κ3) is 11.3. The molecular formula is C108H66N10S2. The lowest BCUT2D eigenvalue weighted by atomic mass is 10.0. The number of aromatic nitrogens is 10. The zero-order valence-electron chi connectivity index (χ0n) is 64.4. The van der Waals surface area contributed by atoms with Crippen molar-refractivity contribution >= 4 is 150 Å². The van der Waals surface area contributed by atoms with Gasteiger partial charge >= 0.3 is 0 Å². The van der Waals surface area contributed by atoms with Crippen LogP contribution in [0.5, 0.6) is 0 Å². The van der Waals surface area contributed by atoms with Crippen molar-refractivity contribution in [1.82, 2.24) is 48.2 Å². The van der Waals surface area contributed by atoms with E-state index in [-0.39, 0.29) is 0 Å². The van der Waals surface area contributed by atoms with Crippen LogP contribution in [0.3, 0.4) is 0 Å². The van der Waals surface area contributed by atoms with Gasteiger partial charge in [-0.2, -0.15) is 0 Å². The Morgan fingerprint density at radius 3 is 0.833 bits per heavy atom. The fourth-order valence-electron chi connectivity index (χ4n) is 18.2. The van der Waals surface area contributed by atoms with E-state index in [9.17, 15) is 0 Å². The standard InChI is InChI=1S/C57H35N5S.C51H31N5S/c1-3-16-36(17-4-1)41-25-14-26-45-46-27-15-28-47(54(46)63-53(41)45)57-59-55(37-18-5-2-6-19-37)58-56(60-57)38-20-13-21-39(34-38)61-51-31-12-9-24-44(51)48-35-40(32-33-52(48)61)62-49-29-10-7-22-42(49)43-23-8-11-30-50(43)62;1-2-14-32(15-3-1)49-52-50(54-51(53-49)41-23-13-22-40-39-21-7-11-27-47(39)57-48(40)41)33-16-12-17-34(30-33)55-45-26-10-6-20-38(45)42-31-35(28-29-46(42)55)56-43-24-8-4-18-36(43)37-19-5-9-25-44(37)56/h1-35H;1-31H. The van der Waals surface area contributed by atoms with Gasteiger partial charge in [-0.3, -0.25) is 0 Å². The number of para-hydroxylation sites is 6. The monoisotopic (exact) mass is 1570 g/mol. The van der Waals surface area contributed by atoms with E-state index in [1.165, 1.54) is 112 Å². The van der Waals surface area contributed by atoms with Crippen LogP contribution in [0.25, 0.3) is 230 Å². The van der Waals surface area contributed by atoms with E-state index in [4.69, 9.17) is 29.9 Å². The summed E-state index contributed by atoms with van der Waals surface area (Å²) in [5, 5.41) is 14.7. The molecule has 10 nitrogen and oxygen atoms in total. The zero-order chi connectivity index (χ0) is 78.9. The Morgan fingerprint density at radius 1 is 0.158 bits per heavy atom. The van der Waals surface area contributed by atoms with Crippen molar-refractivity contribution in [3.63, 3.8) is 0 Å². The van der Waals surface area contributed by atoms with Gasteiger partial charge in [0.1, 0.15) is 0 Å². The summed E-state index contributed by atoms with van der Waals surface area (Å²) in [5.74, 6) is 3.85. The molecule has 0 aliphatic rings. The zero-order valence-corrected chi connectivity index (χ0v) is 66.0. The number of hydrogen-bond donors (Lipinski definition) is 0. The molecule has 120 heavy (non-hydrogen) atoms. The summed E-state index contributed by atoms with van der Waals surface area (Å²) in [6.07, 6.45) is 0. The lowest BCUT2D eigenvalue weighted by molar-refractivity contribution is 1.07. The number of rotatable bonds is 11. The van der Waals surface area contributed by atoms with E-state index in [1.807, 2.05) is 36.4 Å². The molecule has 25 aromatic rings. The average Bonchev–Trinajstić information content (AvgIpc) is 1.58. The maximum Gasteiger partial charge on any atom is 0.165 e. The molecule has 0 N–H and O–H groups in total. The first-order valence-electron chi connectivity index (χ1n) is 40.3. The van der Waals surface area contributed by atoms with Crippen LogP contribution < -0.4 is 0 Å².